The van der Waals surface area contributed by atoms with Gasteiger partial charge in [0.25, 0.3) is 0 Å². The van der Waals surface area contributed by atoms with E-state index in [1.807, 2.05) is 6.07 Å². The van der Waals surface area contributed by atoms with E-state index < -0.39 is 0 Å². The number of para-hydroxylation sites is 2. The van der Waals surface area contributed by atoms with Crippen LogP contribution >= 0.6 is 0 Å². The predicted octanol–water partition coefficient (Wildman–Crippen LogP) is 6.19. The fraction of sp³-hybridized carbons (Fsp3) is 0.280. The van der Waals surface area contributed by atoms with Gasteiger partial charge in [-0.2, -0.15) is 0 Å². The van der Waals surface area contributed by atoms with Crippen LogP contribution in [0.5, 0.6) is 0 Å². The van der Waals surface area contributed by atoms with Crippen molar-refractivity contribution in [1.29, 1.82) is 0 Å². The minimum absolute atomic E-state index is 0.0389. The largest absolute Gasteiger partial charge is 0.454 e. The van der Waals surface area contributed by atoms with Gasteiger partial charge in [0.15, 0.2) is 5.58 Å². The van der Waals surface area contributed by atoms with Crippen LogP contribution in [0.4, 0.5) is 11.4 Å². The summed E-state index contributed by atoms with van der Waals surface area (Å²) in [5.41, 5.74) is 7.25. The first-order valence-electron chi connectivity index (χ1n) is 10.2. The third kappa shape index (κ3) is 1.84. The SMILES string of the molecule is Cc1ccc2c(oc3ccccc32)c1N1[C@@H](C)N2CCC1(C)c1ccccc12. The lowest BCUT2D eigenvalue weighted by molar-refractivity contribution is 0.294. The highest BCUT2D eigenvalue weighted by atomic mass is 16.3. The number of fused-ring (bicyclic) bond motifs is 5. The third-order valence-corrected chi connectivity index (χ3v) is 6.95. The van der Waals surface area contributed by atoms with E-state index in [0.29, 0.717) is 0 Å². The molecule has 28 heavy (non-hydrogen) atoms. The third-order valence-electron chi connectivity index (χ3n) is 6.95. The average molecular weight is 368 g/mol. The Morgan fingerprint density at radius 3 is 2.64 bits per heavy atom. The number of rotatable bonds is 1. The Kier molecular flexibility index (Phi) is 3.05. The molecule has 4 aromatic rings. The Morgan fingerprint density at radius 2 is 1.75 bits per heavy atom. The lowest BCUT2D eigenvalue weighted by atomic mass is 9.77. The van der Waals surface area contributed by atoms with E-state index in [4.69, 9.17) is 4.42 Å². The van der Waals surface area contributed by atoms with Gasteiger partial charge in [-0.25, -0.2) is 0 Å². The van der Waals surface area contributed by atoms with Crippen LogP contribution < -0.4 is 9.80 Å². The molecular weight excluding hydrogens is 344 g/mol. The number of benzene rings is 3. The molecule has 140 valence electrons. The molecule has 1 saturated heterocycles. The van der Waals surface area contributed by atoms with E-state index in [-0.39, 0.29) is 11.7 Å². The minimum Gasteiger partial charge on any atom is -0.454 e. The first-order valence-corrected chi connectivity index (χ1v) is 10.2. The molecule has 0 saturated carbocycles. The summed E-state index contributed by atoms with van der Waals surface area (Å²) in [5.74, 6) is 0. The summed E-state index contributed by atoms with van der Waals surface area (Å²) < 4.78 is 6.45. The molecule has 2 bridgehead atoms. The van der Waals surface area contributed by atoms with Gasteiger partial charge in [0.1, 0.15) is 5.58 Å². The summed E-state index contributed by atoms with van der Waals surface area (Å²) >= 11 is 0. The van der Waals surface area contributed by atoms with E-state index in [9.17, 15) is 0 Å². The molecule has 0 amide bonds. The Morgan fingerprint density at radius 1 is 0.964 bits per heavy atom. The van der Waals surface area contributed by atoms with Crippen LogP contribution in [0.25, 0.3) is 21.9 Å². The zero-order chi connectivity index (χ0) is 19.0. The molecule has 1 aromatic heterocycles. The quantitative estimate of drug-likeness (QED) is 0.400. The number of aryl methyl sites for hydroxylation is 1. The molecule has 3 nitrogen and oxygen atoms in total. The second-order valence-corrected chi connectivity index (χ2v) is 8.44. The molecule has 3 aromatic carbocycles. The highest BCUT2D eigenvalue weighted by molar-refractivity contribution is 6.09. The van der Waals surface area contributed by atoms with Gasteiger partial charge in [-0.3, -0.25) is 0 Å². The Bertz CT molecular complexity index is 1240. The van der Waals surface area contributed by atoms with Crippen LogP contribution in [0.1, 0.15) is 31.4 Å². The van der Waals surface area contributed by atoms with Gasteiger partial charge in [-0.1, -0.05) is 48.5 Å². The summed E-state index contributed by atoms with van der Waals surface area (Å²) in [6.45, 7) is 8.04. The highest BCUT2D eigenvalue weighted by Gasteiger charge is 2.50. The molecule has 1 unspecified atom stereocenters. The van der Waals surface area contributed by atoms with Crippen molar-refractivity contribution in [2.75, 3.05) is 16.3 Å². The molecule has 2 atom stereocenters. The van der Waals surface area contributed by atoms with Gasteiger partial charge in [0.2, 0.25) is 0 Å². The lowest BCUT2D eigenvalue weighted by Gasteiger charge is -2.60. The fourth-order valence-corrected chi connectivity index (χ4v) is 5.57. The molecule has 0 radical (unpaired) electrons. The summed E-state index contributed by atoms with van der Waals surface area (Å²) in [4.78, 5) is 5.15. The maximum absolute atomic E-state index is 6.45. The van der Waals surface area contributed by atoms with E-state index in [1.165, 1.54) is 33.3 Å². The summed E-state index contributed by atoms with van der Waals surface area (Å²) in [6.07, 6.45) is 1.40. The van der Waals surface area contributed by atoms with Crippen LogP contribution in [0, 0.1) is 6.92 Å². The van der Waals surface area contributed by atoms with E-state index in [1.54, 1.807) is 0 Å². The molecule has 3 heteroatoms. The molecule has 0 spiro atoms. The van der Waals surface area contributed by atoms with Gasteiger partial charge < -0.3 is 14.2 Å². The normalized spacial score (nSPS) is 23.6. The van der Waals surface area contributed by atoms with Crippen molar-refractivity contribution >= 4 is 33.3 Å². The molecule has 3 aliphatic rings. The van der Waals surface area contributed by atoms with Gasteiger partial charge in [-0.05, 0) is 44.9 Å². The summed E-state index contributed by atoms with van der Waals surface area (Å²) in [6, 6.07) is 21.7. The summed E-state index contributed by atoms with van der Waals surface area (Å²) in [7, 11) is 0. The topological polar surface area (TPSA) is 19.6 Å². The molecular formula is C25H24N2O. The van der Waals surface area contributed by atoms with Gasteiger partial charge in [0.05, 0.1) is 17.4 Å². The van der Waals surface area contributed by atoms with Crippen molar-refractivity contribution < 1.29 is 4.42 Å². The van der Waals surface area contributed by atoms with Crippen molar-refractivity contribution in [3.05, 3.63) is 71.8 Å². The van der Waals surface area contributed by atoms with Gasteiger partial charge >= 0.3 is 0 Å². The Hall–Kier alpha value is -2.94. The maximum Gasteiger partial charge on any atom is 0.159 e. The van der Waals surface area contributed by atoms with E-state index in [2.05, 4.69) is 85.2 Å². The number of hydrogen-bond acceptors (Lipinski definition) is 3. The van der Waals surface area contributed by atoms with Crippen LogP contribution in [-0.4, -0.2) is 12.7 Å². The first-order chi connectivity index (χ1) is 13.6. The van der Waals surface area contributed by atoms with Crippen molar-refractivity contribution in [3.63, 3.8) is 0 Å². The average Bonchev–Trinajstić information content (AvgIpc) is 3.08. The van der Waals surface area contributed by atoms with Crippen molar-refractivity contribution in [2.45, 2.75) is 38.9 Å². The van der Waals surface area contributed by atoms with E-state index >= 15 is 0 Å². The molecule has 0 N–H and O–H groups in total. The first kappa shape index (κ1) is 16.1. The standard InChI is InChI=1S/C25H24N2O/c1-16-12-13-19-18-8-4-7-11-22(18)28-24(19)23(16)27-17(2)26-15-14-25(27,3)20-9-5-6-10-21(20)26/h4-13,17H,14-15H2,1-3H3/t17-,25?/m0/s1. The minimum atomic E-state index is -0.0389. The maximum atomic E-state index is 6.45. The summed E-state index contributed by atoms with van der Waals surface area (Å²) in [5, 5.41) is 2.40. The van der Waals surface area contributed by atoms with Crippen LogP contribution in [-0.2, 0) is 5.54 Å². The fourth-order valence-electron chi connectivity index (χ4n) is 5.57. The Labute approximate surface area is 165 Å². The van der Waals surface area contributed by atoms with Crippen molar-refractivity contribution in [2.24, 2.45) is 0 Å². The van der Waals surface area contributed by atoms with Crippen molar-refractivity contribution in [3.8, 4) is 0 Å². The van der Waals surface area contributed by atoms with Crippen LogP contribution in [0.3, 0.4) is 0 Å². The van der Waals surface area contributed by atoms with Crippen LogP contribution in [0.2, 0.25) is 0 Å². The molecule has 7 rings (SSSR count). The Balaban J connectivity index is 1.67. The highest BCUT2D eigenvalue weighted by Crippen LogP contribution is 2.53. The van der Waals surface area contributed by atoms with Crippen LogP contribution in [0.15, 0.2) is 65.1 Å². The molecule has 3 aliphatic heterocycles. The molecule has 1 fully saturated rings. The molecule has 0 aliphatic carbocycles. The van der Waals surface area contributed by atoms with Crippen molar-refractivity contribution in [1.82, 2.24) is 0 Å². The predicted molar refractivity (Wildman–Crippen MR) is 116 cm³/mol. The monoisotopic (exact) mass is 368 g/mol. The number of hydrogen-bond donors (Lipinski definition) is 0. The van der Waals surface area contributed by atoms with Gasteiger partial charge in [0, 0.05) is 28.6 Å². The zero-order valence-corrected chi connectivity index (χ0v) is 16.6. The van der Waals surface area contributed by atoms with Gasteiger partial charge in [-0.15, -0.1) is 0 Å². The number of furan rings is 1. The molecule has 4 heterocycles. The smallest absolute Gasteiger partial charge is 0.159 e. The van der Waals surface area contributed by atoms with E-state index in [0.717, 1.165) is 24.1 Å². The number of nitrogens with zero attached hydrogens (tertiary/aromatic N) is 2. The second kappa shape index (κ2) is 5.32. The lowest BCUT2D eigenvalue weighted by Crippen LogP contribution is -2.66. The number of anilines is 2. The second-order valence-electron chi connectivity index (χ2n) is 8.44. The zero-order valence-electron chi connectivity index (χ0n) is 16.6.